The van der Waals surface area contributed by atoms with Crippen molar-refractivity contribution in [2.24, 2.45) is 12.5 Å². The van der Waals surface area contributed by atoms with E-state index in [1.165, 1.54) is 37.8 Å². The van der Waals surface area contributed by atoms with Crippen molar-refractivity contribution < 1.29 is 4.74 Å². The predicted molar refractivity (Wildman–Crippen MR) is 85.6 cm³/mol. The van der Waals surface area contributed by atoms with E-state index in [-0.39, 0.29) is 6.10 Å². The van der Waals surface area contributed by atoms with E-state index in [9.17, 15) is 0 Å². The van der Waals surface area contributed by atoms with Crippen LogP contribution >= 0.6 is 0 Å². The number of likely N-dealkylation sites (N-methyl/N-ethyl adjacent to an activating group) is 1. The molecule has 4 rings (SSSR count). The maximum Gasteiger partial charge on any atom is 0.0911 e. The van der Waals surface area contributed by atoms with Crippen LogP contribution in [0.25, 0.3) is 0 Å². The van der Waals surface area contributed by atoms with Crippen molar-refractivity contribution in [1.82, 2.24) is 20.0 Å². The molecule has 3 aliphatic rings. The van der Waals surface area contributed by atoms with Crippen LogP contribution in [0.4, 0.5) is 0 Å². The molecule has 1 aromatic heterocycles. The third kappa shape index (κ3) is 2.30. The van der Waals surface area contributed by atoms with Crippen LogP contribution in [0.2, 0.25) is 0 Å². The van der Waals surface area contributed by atoms with Gasteiger partial charge < -0.3 is 10.1 Å². The summed E-state index contributed by atoms with van der Waals surface area (Å²) >= 11 is 0. The minimum atomic E-state index is 0.215. The number of hydrogen-bond acceptors (Lipinski definition) is 4. The Morgan fingerprint density at radius 2 is 2.23 bits per heavy atom. The maximum atomic E-state index is 6.13. The van der Waals surface area contributed by atoms with Crippen LogP contribution in [0.15, 0.2) is 12.3 Å². The highest BCUT2D eigenvalue weighted by Crippen LogP contribution is 2.55. The van der Waals surface area contributed by atoms with E-state index < -0.39 is 0 Å². The van der Waals surface area contributed by atoms with E-state index in [2.05, 4.69) is 28.4 Å². The Labute approximate surface area is 133 Å². The van der Waals surface area contributed by atoms with Crippen LogP contribution in [0.5, 0.6) is 0 Å². The number of rotatable bonds is 4. The minimum absolute atomic E-state index is 0.215. The lowest BCUT2D eigenvalue weighted by molar-refractivity contribution is -0.0761. The first-order valence-electron chi connectivity index (χ1n) is 8.73. The molecule has 0 bridgehead atoms. The van der Waals surface area contributed by atoms with Crippen LogP contribution in [-0.2, 0) is 11.8 Å². The largest absolute Gasteiger partial charge is 0.374 e. The zero-order chi connectivity index (χ0) is 15.2. The Bertz CT molecular complexity index is 519. The lowest BCUT2D eigenvalue weighted by Gasteiger charge is -2.57. The molecule has 3 fully saturated rings. The van der Waals surface area contributed by atoms with Gasteiger partial charge in [-0.3, -0.25) is 9.58 Å². The summed E-state index contributed by atoms with van der Waals surface area (Å²) < 4.78 is 8.12. The molecular weight excluding hydrogens is 276 g/mol. The Balaban J connectivity index is 1.43. The summed E-state index contributed by atoms with van der Waals surface area (Å²) in [5, 5.41) is 8.17. The fourth-order valence-corrected chi connectivity index (χ4v) is 4.63. The highest BCUT2D eigenvalue weighted by Gasteiger charge is 2.50. The molecule has 5 heteroatoms. The summed E-state index contributed by atoms with van der Waals surface area (Å²) in [7, 11) is 4.22. The van der Waals surface area contributed by atoms with Crippen molar-refractivity contribution in [3.63, 3.8) is 0 Å². The van der Waals surface area contributed by atoms with E-state index in [0.29, 0.717) is 11.5 Å². The van der Waals surface area contributed by atoms with Crippen LogP contribution in [-0.4, -0.2) is 53.6 Å². The fraction of sp³-hybridized carbons (Fsp3) is 0.824. The van der Waals surface area contributed by atoms with E-state index >= 15 is 0 Å². The molecule has 1 spiro atoms. The standard InChI is InChI=1S/C17H28N4O/c1-20-10-11-22-14(16(20)13-5-9-19-21(13)2)12-18-15-4-8-17(15)6-3-7-17/h5,9,14-16,18H,3-4,6-8,10-12H2,1-2H3/t14-,15?,16-/m0/s1. The first kappa shape index (κ1) is 14.7. The number of nitrogens with one attached hydrogen (secondary N) is 1. The average molecular weight is 304 g/mol. The van der Waals surface area contributed by atoms with Gasteiger partial charge in [0.1, 0.15) is 0 Å². The fourth-order valence-electron chi connectivity index (χ4n) is 4.63. The molecule has 122 valence electrons. The third-order valence-corrected chi connectivity index (χ3v) is 6.35. The van der Waals surface area contributed by atoms with Crippen molar-refractivity contribution in [1.29, 1.82) is 0 Å². The van der Waals surface area contributed by atoms with Crippen molar-refractivity contribution >= 4 is 0 Å². The topological polar surface area (TPSA) is 42.3 Å². The molecule has 1 aromatic rings. The molecule has 5 nitrogen and oxygen atoms in total. The molecule has 0 radical (unpaired) electrons. The number of aryl methyl sites for hydroxylation is 1. The van der Waals surface area contributed by atoms with Gasteiger partial charge in [-0.15, -0.1) is 0 Å². The van der Waals surface area contributed by atoms with E-state index in [0.717, 1.165) is 25.7 Å². The molecule has 0 aromatic carbocycles. The lowest BCUT2D eigenvalue weighted by Crippen LogP contribution is -2.59. The average Bonchev–Trinajstić information content (AvgIpc) is 2.82. The van der Waals surface area contributed by atoms with Crippen LogP contribution in [0.3, 0.4) is 0 Å². The van der Waals surface area contributed by atoms with Gasteiger partial charge in [0.15, 0.2) is 0 Å². The maximum absolute atomic E-state index is 6.13. The zero-order valence-corrected chi connectivity index (χ0v) is 13.8. The molecule has 2 heterocycles. The summed E-state index contributed by atoms with van der Waals surface area (Å²) in [5.41, 5.74) is 1.91. The van der Waals surface area contributed by atoms with Gasteiger partial charge >= 0.3 is 0 Å². The van der Waals surface area contributed by atoms with Gasteiger partial charge in [-0.2, -0.15) is 5.10 Å². The monoisotopic (exact) mass is 304 g/mol. The summed E-state index contributed by atoms with van der Waals surface area (Å²) in [4.78, 5) is 2.41. The second-order valence-electron chi connectivity index (χ2n) is 7.43. The molecular formula is C17H28N4O. The van der Waals surface area contributed by atoms with Crippen LogP contribution in [0, 0.1) is 5.41 Å². The molecule has 3 atom stereocenters. The number of hydrogen-bond donors (Lipinski definition) is 1. The van der Waals surface area contributed by atoms with E-state index in [1.807, 2.05) is 17.9 Å². The Morgan fingerprint density at radius 3 is 2.82 bits per heavy atom. The normalized spacial score (nSPS) is 34.4. The minimum Gasteiger partial charge on any atom is -0.374 e. The summed E-state index contributed by atoms with van der Waals surface area (Å²) in [6.07, 6.45) is 9.17. The number of aromatic nitrogens is 2. The molecule has 1 unspecified atom stereocenters. The molecule has 0 amide bonds. The zero-order valence-electron chi connectivity index (χ0n) is 13.8. The summed E-state index contributed by atoms with van der Waals surface area (Å²) in [5.74, 6) is 0. The van der Waals surface area contributed by atoms with E-state index in [4.69, 9.17) is 4.74 Å². The van der Waals surface area contributed by atoms with Gasteiger partial charge in [0, 0.05) is 32.4 Å². The molecule has 1 aliphatic heterocycles. The Hall–Kier alpha value is -0.910. The summed E-state index contributed by atoms with van der Waals surface area (Å²) in [6.45, 7) is 2.76. The third-order valence-electron chi connectivity index (χ3n) is 6.35. The van der Waals surface area contributed by atoms with Crippen LogP contribution < -0.4 is 5.32 Å². The molecule has 1 saturated heterocycles. The summed E-state index contributed by atoms with van der Waals surface area (Å²) in [6, 6.07) is 3.15. The first-order chi connectivity index (χ1) is 10.7. The van der Waals surface area contributed by atoms with Crippen molar-refractivity contribution in [2.75, 3.05) is 26.7 Å². The van der Waals surface area contributed by atoms with Gasteiger partial charge in [-0.1, -0.05) is 6.42 Å². The molecule has 22 heavy (non-hydrogen) atoms. The van der Waals surface area contributed by atoms with Crippen molar-refractivity contribution in [3.05, 3.63) is 18.0 Å². The van der Waals surface area contributed by atoms with Gasteiger partial charge in [0.2, 0.25) is 0 Å². The Morgan fingerprint density at radius 1 is 1.36 bits per heavy atom. The molecule has 2 saturated carbocycles. The quantitative estimate of drug-likeness (QED) is 0.920. The molecule has 1 N–H and O–H groups in total. The SMILES string of the molecule is CN1CCO[C@@H](CNC2CCC23CCC3)[C@@H]1c1ccnn1C. The second kappa shape index (κ2) is 5.62. The lowest BCUT2D eigenvalue weighted by atomic mass is 9.53. The van der Waals surface area contributed by atoms with Crippen LogP contribution in [0.1, 0.15) is 43.8 Å². The Kier molecular flexibility index (Phi) is 3.75. The number of nitrogens with zero attached hydrogens (tertiary/aromatic N) is 3. The van der Waals surface area contributed by atoms with E-state index in [1.54, 1.807) is 0 Å². The number of ether oxygens (including phenoxy) is 1. The second-order valence-corrected chi connectivity index (χ2v) is 7.43. The van der Waals surface area contributed by atoms with Crippen molar-refractivity contribution in [3.8, 4) is 0 Å². The molecule has 2 aliphatic carbocycles. The van der Waals surface area contributed by atoms with Gasteiger partial charge in [0.25, 0.3) is 0 Å². The first-order valence-corrected chi connectivity index (χ1v) is 8.73. The van der Waals surface area contributed by atoms with Gasteiger partial charge in [-0.05, 0) is 44.2 Å². The number of morpholine rings is 1. The highest BCUT2D eigenvalue weighted by atomic mass is 16.5. The van der Waals surface area contributed by atoms with Crippen molar-refractivity contribution in [2.45, 2.75) is 50.3 Å². The highest BCUT2D eigenvalue weighted by molar-refractivity contribution is 5.11. The predicted octanol–water partition coefficient (Wildman–Crippen LogP) is 1.71. The van der Waals surface area contributed by atoms with Gasteiger partial charge in [0.05, 0.1) is 24.4 Å². The smallest absolute Gasteiger partial charge is 0.0911 e. The van der Waals surface area contributed by atoms with Gasteiger partial charge in [-0.25, -0.2) is 0 Å².